The molecule has 1 aliphatic heterocycles. The van der Waals surface area contributed by atoms with Gasteiger partial charge in [0, 0.05) is 39.4 Å². The van der Waals surface area contributed by atoms with Crippen molar-refractivity contribution in [2.24, 2.45) is 14.1 Å². The van der Waals surface area contributed by atoms with Crippen LogP contribution < -0.4 is 10.2 Å². The topological polar surface area (TPSA) is 94.1 Å². The first kappa shape index (κ1) is 15.3. The Labute approximate surface area is 134 Å². The largest absolute Gasteiger partial charge is 0.367 e. The fourth-order valence-corrected chi connectivity index (χ4v) is 3.12. The summed E-state index contributed by atoms with van der Waals surface area (Å²) in [6.07, 6.45) is 5.83. The van der Waals surface area contributed by atoms with Crippen LogP contribution in [0, 0.1) is 17.0 Å². The number of rotatable bonds is 4. The predicted molar refractivity (Wildman–Crippen MR) is 86.7 cm³/mol. The Bertz CT molecular complexity index is 721. The van der Waals surface area contributed by atoms with Crippen molar-refractivity contribution in [1.29, 1.82) is 0 Å². The maximum Gasteiger partial charge on any atom is 0.333 e. The van der Waals surface area contributed by atoms with Gasteiger partial charge >= 0.3 is 5.69 Å². The summed E-state index contributed by atoms with van der Waals surface area (Å²) in [6.45, 7) is 3.41. The summed E-state index contributed by atoms with van der Waals surface area (Å²) in [6, 6.07) is 0.137. The average Bonchev–Trinajstić information content (AvgIpc) is 3.03. The van der Waals surface area contributed by atoms with Gasteiger partial charge in [0.1, 0.15) is 5.69 Å². The molecule has 1 N–H and O–H groups in total. The minimum Gasteiger partial charge on any atom is -0.367 e. The number of piperidine rings is 1. The van der Waals surface area contributed by atoms with E-state index in [9.17, 15) is 10.1 Å². The normalized spacial score (nSPS) is 18.2. The van der Waals surface area contributed by atoms with Gasteiger partial charge in [-0.1, -0.05) is 0 Å². The van der Waals surface area contributed by atoms with E-state index in [2.05, 4.69) is 20.4 Å². The van der Waals surface area contributed by atoms with Gasteiger partial charge in [-0.05, 0) is 19.8 Å². The molecule has 9 heteroatoms. The van der Waals surface area contributed by atoms with Crippen LogP contribution in [0.15, 0.2) is 12.4 Å². The van der Waals surface area contributed by atoms with Crippen LogP contribution in [0.1, 0.15) is 18.5 Å². The number of nitrogens with one attached hydrogen (secondary N) is 1. The van der Waals surface area contributed by atoms with E-state index in [4.69, 9.17) is 0 Å². The summed E-state index contributed by atoms with van der Waals surface area (Å²) in [5.41, 5.74) is 1.57. The highest BCUT2D eigenvalue weighted by atomic mass is 16.6. The maximum absolute atomic E-state index is 11.3. The lowest BCUT2D eigenvalue weighted by Crippen LogP contribution is -2.42. The number of nitro groups is 1. The Morgan fingerprint density at radius 2 is 2.22 bits per heavy atom. The molecule has 124 valence electrons. The van der Waals surface area contributed by atoms with Crippen LogP contribution in [0.2, 0.25) is 0 Å². The van der Waals surface area contributed by atoms with Crippen molar-refractivity contribution in [3.63, 3.8) is 0 Å². The van der Waals surface area contributed by atoms with Gasteiger partial charge in [0.05, 0.1) is 16.8 Å². The van der Waals surface area contributed by atoms with Gasteiger partial charge < -0.3 is 10.2 Å². The molecule has 2 aromatic heterocycles. The van der Waals surface area contributed by atoms with Gasteiger partial charge in [0.15, 0.2) is 0 Å². The van der Waals surface area contributed by atoms with Crippen molar-refractivity contribution in [3.8, 4) is 0 Å². The van der Waals surface area contributed by atoms with E-state index in [1.165, 1.54) is 0 Å². The highest BCUT2D eigenvalue weighted by molar-refractivity contribution is 5.60. The summed E-state index contributed by atoms with van der Waals surface area (Å²) >= 11 is 0. The molecule has 1 fully saturated rings. The quantitative estimate of drug-likeness (QED) is 0.677. The molecule has 9 nitrogen and oxygen atoms in total. The number of hydrogen-bond acceptors (Lipinski definition) is 6. The molecule has 0 unspecified atom stereocenters. The highest BCUT2D eigenvalue weighted by Crippen LogP contribution is 2.29. The second-order valence-electron chi connectivity index (χ2n) is 5.97. The number of hydrogen-bond donors (Lipinski definition) is 1. The summed E-state index contributed by atoms with van der Waals surface area (Å²) in [5.74, 6) is 0.477. The lowest BCUT2D eigenvalue weighted by molar-refractivity contribution is -0.384. The third-order valence-corrected chi connectivity index (χ3v) is 4.19. The third-order valence-electron chi connectivity index (χ3n) is 4.19. The van der Waals surface area contributed by atoms with Gasteiger partial charge in [-0.25, -0.2) is 4.68 Å². The van der Waals surface area contributed by atoms with Crippen molar-refractivity contribution in [1.82, 2.24) is 19.6 Å². The van der Waals surface area contributed by atoms with Gasteiger partial charge in [-0.15, -0.1) is 0 Å². The predicted octanol–water partition coefficient (Wildman–Crippen LogP) is 1.45. The molecule has 23 heavy (non-hydrogen) atoms. The minimum absolute atomic E-state index is 0.0611. The Morgan fingerprint density at radius 3 is 2.87 bits per heavy atom. The molecule has 1 atom stereocenters. The summed E-state index contributed by atoms with van der Waals surface area (Å²) < 4.78 is 3.33. The minimum atomic E-state index is -0.369. The number of nitrogens with zero attached hydrogens (tertiary/aromatic N) is 6. The molecular weight excluding hydrogens is 298 g/mol. The molecule has 0 aliphatic carbocycles. The number of aromatic nitrogens is 4. The van der Waals surface area contributed by atoms with Crippen molar-refractivity contribution in [2.75, 3.05) is 23.3 Å². The van der Waals surface area contributed by atoms with Crippen molar-refractivity contribution >= 4 is 17.2 Å². The van der Waals surface area contributed by atoms with Gasteiger partial charge in [-0.2, -0.15) is 10.2 Å². The monoisotopic (exact) mass is 319 g/mol. The molecule has 1 saturated heterocycles. The third kappa shape index (κ3) is 2.99. The molecular formula is C14H21N7O2. The second kappa shape index (κ2) is 5.90. The zero-order valence-corrected chi connectivity index (χ0v) is 13.6. The fraction of sp³-hybridized carbons (Fsp3) is 0.571. The van der Waals surface area contributed by atoms with Gasteiger partial charge in [0.25, 0.3) is 0 Å². The molecule has 0 saturated carbocycles. The molecule has 2 aromatic rings. The second-order valence-corrected chi connectivity index (χ2v) is 5.97. The van der Waals surface area contributed by atoms with Gasteiger partial charge in [-0.3, -0.25) is 14.8 Å². The molecule has 0 amide bonds. The van der Waals surface area contributed by atoms with Crippen LogP contribution in [-0.4, -0.2) is 43.6 Å². The van der Waals surface area contributed by atoms with Crippen LogP contribution >= 0.6 is 0 Å². The zero-order chi connectivity index (χ0) is 16.6. The Balaban J connectivity index is 1.77. The van der Waals surface area contributed by atoms with Crippen LogP contribution in [-0.2, 0) is 14.1 Å². The Morgan fingerprint density at radius 1 is 1.43 bits per heavy atom. The van der Waals surface area contributed by atoms with Crippen molar-refractivity contribution in [3.05, 3.63) is 28.2 Å². The Kier molecular flexibility index (Phi) is 3.93. The lowest BCUT2D eigenvalue weighted by atomic mass is 10.1. The molecule has 0 radical (unpaired) electrons. The average molecular weight is 319 g/mol. The first-order chi connectivity index (χ1) is 11.0. The van der Waals surface area contributed by atoms with Crippen LogP contribution in [0.25, 0.3) is 0 Å². The molecule has 0 aromatic carbocycles. The van der Waals surface area contributed by atoms with Crippen molar-refractivity contribution < 1.29 is 4.92 Å². The Hall–Kier alpha value is -2.58. The van der Waals surface area contributed by atoms with E-state index >= 15 is 0 Å². The fourth-order valence-electron chi connectivity index (χ4n) is 3.12. The number of aryl methyl sites for hydroxylation is 3. The van der Waals surface area contributed by atoms with Crippen molar-refractivity contribution in [2.45, 2.75) is 25.8 Å². The van der Waals surface area contributed by atoms with E-state index in [0.29, 0.717) is 11.5 Å². The number of anilines is 2. The standard InChI is InChI=1S/C14H21N7O2/c1-10-13(21(22)23)14(19(3)17-10)16-11-5-4-6-20(8-11)12-7-15-18(2)9-12/h7,9,11,16H,4-6,8H2,1-3H3/t11-/m1/s1. The molecule has 3 heterocycles. The summed E-state index contributed by atoms with van der Waals surface area (Å²) in [4.78, 5) is 13.2. The first-order valence-corrected chi connectivity index (χ1v) is 7.64. The maximum atomic E-state index is 11.3. The SMILES string of the molecule is Cc1nn(C)c(N[C@@H]2CCCN(c3cnn(C)c3)C2)c1[N+](=O)[O-]. The lowest BCUT2D eigenvalue weighted by Gasteiger charge is -2.34. The summed E-state index contributed by atoms with van der Waals surface area (Å²) in [5, 5.41) is 23.0. The highest BCUT2D eigenvalue weighted by Gasteiger charge is 2.28. The molecule has 1 aliphatic rings. The molecule has 0 bridgehead atoms. The van der Waals surface area contributed by atoms with E-state index < -0.39 is 0 Å². The van der Waals surface area contributed by atoms with Crippen LogP contribution in [0.3, 0.4) is 0 Å². The van der Waals surface area contributed by atoms with Gasteiger partial charge in [0.2, 0.25) is 5.82 Å². The summed E-state index contributed by atoms with van der Waals surface area (Å²) in [7, 11) is 3.62. The smallest absolute Gasteiger partial charge is 0.333 e. The van der Waals surface area contributed by atoms with Crippen LogP contribution in [0.4, 0.5) is 17.2 Å². The van der Waals surface area contributed by atoms with E-state index in [-0.39, 0.29) is 16.7 Å². The first-order valence-electron chi connectivity index (χ1n) is 7.64. The molecule has 3 rings (SSSR count). The van der Waals surface area contributed by atoms with E-state index in [0.717, 1.165) is 31.6 Å². The van der Waals surface area contributed by atoms with E-state index in [1.807, 2.05) is 19.4 Å². The molecule has 0 spiro atoms. The van der Waals surface area contributed by atoms with E-state index in [1.54, 1.807) is 23.3 Å². The van der Waals surface area contributed by atoms with Crippen LogP contribution in [0.5, 0.6) is 0 Å². The zero-order valence-electron chi connectivity index (χ0n) is 13.6.